The van der Waals surface area contributed by atoms with E-state index < -0.39 is 12.0 Å². The summed E-state index contributed by atoms with van der Waals surface area (Å²) in [6, 6.07) is 10.2. The molecule has 7 nitrogen and oxygen atoms in total. The normalized spacial score (nSPS) is 26.5. The second-order valence-corrected chi connectivity index (χ2v) is 9.22. The predicted octanol–water partition coefficient (Wildman–Crippen LogP) is 4.04. The first kappa shape index (κ1) is 22.2. The number of likely N-dealkylation sites (tertiary alicyclic amines) is 1. The average molecular weight is 464 g/mol. The molecule has 2 bridgehead atoms. The van der Waals surface area contributed by atoms with Crippen LogP contribution in [0.15, 0.2) is 34.9 Å². The van der Waals surface area contributed by atoms with Crippen LogP contribution in [-0.2, 0) is 22.3 Å². The minimum absolute atomic E-state index is 0.0202. The van der Waals surface area contributed by atoms with E-state index in [2.05, 4.69) is 15.0 Å². The van der Waals surface area contributed by atoms with Gasteiger partial charge >= 0.3 is 18.2 Å². The molecule has 0 saturated carbocycles. The van der Waals surface area contributed by atoms with Crippen molar-refractivity contribution in [3.05, 3.63) is 41.7 Å². The van der Waals surface area contributed by atoms with Crippen LogP contribution in [0.5, 0.6) is 0 Å². The monoisotopic (exact) mass is 464 g/mol. The Bertz CT molecular complexity index is 945. The molecule has 1 aromatic heterocycles. The van der Waals surface area contributed by atoms with Crippen molar-refractivity contribution < 1.29 is 27.2 Å². The van der Waals surface area contributed by atoms with Crippen LogP contribution in [0.3, 0.4) is 0 Å². The van der Waals surface area contributed by atoms with Crippen molar-refractivity contribution in [3.8, 4) is 0 Å². The Morgan fingerprint density at radius 2 is 1.70 bits per heavy atom. The van der Waals surface area contributed by atoms with E-state index in [1.54, 1.807) is 0 Å². The van der Waals surface area contributed by atoms with E-state index in [1.165, 1.54) is 0 Å². The molecular formula is C23H27F3N4O3. The van der Waals surface area contributed by atoms with Gasteiger partial charge in [0.1, 0.15) is 6.61 Å². The van der Waals surface area contributed by atoms with Gasteiger partial charge in [-0.25, -0.2) is 0 Å². The van der Waals surface area contributed by atoms with Crippen molar-refractivity contribution in [2.75, 3.05) is 18.0 Å². The molecule has 0 N–H and O–H groups in total. The lowest BCUT2D eigenvalue weighted by Crippen LogP contribution is -2.52. The largest absolute Gasteiger partial charge is 0.461 e. The number of halogens is 3. The number of carbonyl (C=O) groups is 1. The molecule has 33 heavy (non-hydrogen) atoms. The Morgan fingerprint density at radius 1 is 1.03 bits per heavy atom. The van der Waals surface area contributed by atoms with Gasteiger partial charge in [-0.1, -0.05) is 30.3 Å². The molecule has 2 unspecified atom stereocenters. The Morgan fingerprint density at radius 3 is 2.30 bits per heavy atom. The zero-order valence-electron chi connectivity index (χ0n) is 18.2. The quantitative estimate of drug-likeness (QED) is 0.619. The number of ether oxygens (including phenoxy) is 1. The summed E-state index contributed by atoms with van der Waals surface area (Å²) in [7, 11) is 0. The number of fused-ring (bicyclic) bond motifs is 2. The molecule has 3 aliphatic rings. The number of aromatic nitrogens is 2. The second-order valence-electron chi connectivity index (χ2n) is 9.22. The third-order valence-electron chi connectivity index (χ3n) is 7.20. The Hall–Kier alpha value is -2.62. The van der Waals surface area contributed by atoms with Crippen molar-refractivity contribution in [1.82, 2.24) is 15.0 Å². The minimum atomic E-state index is -4.61. The molecule has 178 valence electrons. The number of piperidine rings is 2. The van der Waals surface area contributed by atoms with Gasteiger partial charge in [0.2, 0.25) is 0 Å². The van der Waals surface area contributed by atoms with Crippen LogP contribution in [0.4, 0.5) is 19.2 Å². The first-order valence-corrected chi connectivity index (χ1v) is 11.5. The van der Waals surface area contributed by atoms with Gasteiger partial charge in [0, 0.05) is 18.1 Å². The highest BCUT2D eigenvalue weighted by Crippen LogP contribution is 2.41. The second kappa shape index (κ2) is 8.96. The SMILES string of the molecule is O=C(OCc1ccccc1)C1CCN(C2CC3CCC(C2)N3c2nc(C(F)(F)F)no2)CC1. The summed E-state index contributed by atoms with van der Waals surface area (Å²) in [5.74, 6) is -1.44. The summed E-state index contributed by atoms with van der Waals surface area (Å²) in [4.78, 5) is 20.4. The van der Waals surface area contributed by atoms with Gasteiger partial charge in [0.15, 0.2) is 0 Å². The Kier molecular flexibility index (Phi) is 6.03. The smallest absolute Gasteiger partial charge is 0.455 e. The van der Waals surface area contributed by atoms with Crippen LogP contribution >= 0.6 is 0 Å². The topological polar surface area (TPSA) is 71.7 Å². The third kappa shape index (κ3) is 4.71. The molecule has 0 aliphatic carbocycles. The summed E-state index contributed by atoms with van der Waals surface area (Å²) in [5.41, 5.74) is 0.981. The molecule has 1 aromatic carbocycles. The first-order chi connectivity index (χ1) is 15.9. The number of rotatable bonds is 5. The number of nitrogens with zero attached hydrogens (tertiary/aromatic N) is 4. The fraction of sp³-hybridized carbons (Fsp3) is 0.609. The molecule has 2 aromatic rings. The lowest BCUT2D eigenvalue weighted by Gasteiger charge is -2.44. The van der Waals surface area contributed by atoms with Crippen molar-refractivity contribution in [3.63, 3.8) is 0 Å². The van der Waals surface area contributed by atoms with Gasteiger partial charge in [-0.15, -0.1) is 0 Å². The zero-order valence-corrected chi connectivity index (χ0v) is 18.2. The fourth-order valence-corrected chi connectivity index (χ4v) is 5.54. The van der Waals surface area contributed by atoms with Crippen LogP contribution in [0.2, 0.25) is 0 Å². The van der Waals surface area contributed by atoms with E-state index in [9.17, 15) is 18.0 Å². The van der Waals surface area contributed by atoms with Crippen molar-refractivity contribution in [2.24, 2.45) is 5.92 Å². The van der Waals surface area contributed by atoms with E-state index in [4.69, 9.17) is 9.26 Å². The standard InChI is InChI=1S/C23H27F3N4O3/c24-23(25,26)21-27-22(33-28-21)30-17-6-7-18(30)13-19(12-17)29-10-8-16(9-11-29)20(31)32-14-15-4-2-1-3-5-15/h1-5,16-19H,6-14H2. The molecule has 10 heteroatoms. The predicted molar refractivity (Wildman–Crippen MR) is 112 cm³/mol. The van der Waals surface area contributed by atoms with E-state index in [0.29, 0.717) is 12.6 Å². The van der Waals surface area contributed by atoms with Crippen molar-refractivity contribution >= 4 is 12.0 Å². The Balaban J connectivity index is 1.13. The average Bonchev–Trinajstić information content (AvgIpc) is 3.40. The van der Waals surface area contributed by atoms with Gasteiger partial charge in [-0.2, -0.15) is 18.2 Å². The molecule has 0 radical (unpaired) electrons. The molecule has 5 rings (SSSR count). The minimum Gasteiger partial charge on any atom is -0.461 e. The fourth-order valence-electron chi connectivity index (χ4n) is 5.54. The van der Waals surface area contributed by atoms with Crippen LogP contribution in [0.25, 0.3) is 0 Å². The van der Waals surface area contributed by atoms with E-state index in [1.807, 2.05) is 35.2 Å². The summed E-state index contributed by atoms with van der Waals surface area (Å²) >= 11 is 0. The van der Waals surface area contributed by atoms with Crippen LogP contribution in [-0.4, -0.2) is 52.2 Å². The van der Waals surface area contributed by atoms with Gasteiger partial charge in [-0.3, -0.25) is 4.79 Å². The maximum absolute atomic E-state index is 12.9. The molecule has 0 amide bonds. The molecule has 2 atom stereocenters. The summed E-state index contributed by atoms with van der Waals surface area (Å²) in [5, 5.41) is 3.12. The summed E-state index contributed by atoms with van der Waals surface area (Å²) < 4.78 is 49.1. The number of anilines is 1. The van der Waals surface area contributed by atoms with Crippen LogP contribution in [0.1, 0.15) is 49.9 Å². The van der Waals surface area contributed by atoms with Gasteiger partial charge in [0.05, 0.1) is 5.92 Å². The molecule has 3 fully saturated rings. The van der Waals surface area contributed by atoms with Crippen LogP contribution < -0.4 is 4.90 Å². The zero-order chi connectivity index (χ0) is 23.0. The molecule has 3 saturated heterocycles. The van der Waals surface area contributed by atoms with Crippen LogP contribution in [0, 0.1) is 5.92 Å². The summed E-state index contributed by atoms with van der Waals surface area (Å²) in [6.45, 7) is 1.95. The first-order valence-electron chi connectivity index (χ1n) is 11.5. The van der Waals surface area contributed by atoms with Crippen molar-refractivity contribution in [1.29, 1.82) is 0 Å². The maximum Gasteiger partial charge on any atom is 0.455 e. The lowest BCUT2D eigenvalue weighted by atomic mass is 9.91. The number of hydrogen-bond acceptors (Lipinski definition) is 7. The molecule has 4 heterocycles. The Labute approximate surface area is 189 Å². The number of esters is 1. The number of alkyl halides is 3. The highest BCUT2D eigenvalue weighted by Gasteiger charge is 2.46. The van der Waals surface area contributed by atoms with E-state index in [-0.39, 0.29) is 30.0 Å². The van der Waals surface area contributed by atoms with E-state index in [0.717, 1.165) is 57.2 Å². The van der Waals surface area contributed by atoms with Gasteiger partial charge < -0.3 is 19.1 Å². The highest BCUT2D eigenvalue weighted by molar-refractivity contribution is 5.72. The van der Waals surface area contributed by atoms with Gasteiger partial charge in [-0.05, 0) is 62.3 Å². The molecule has 3 aliphatic heterocycles. The number of hydrogen-bond donors (Lipinski definition) is 0. The lowest BCUT2D eigenvalue weighted by molar-refractivity contribution is -0.152. The highest BCUT2D eigenvalue weighted by atomic mass is 19.4. The maximum atomic E-state index is 12.9. The summed E-state index contributed by atoms with van der Waals surface area (Å²) in [6.07, 6.45) is 0.447. The van der Waals surface area contributed by atoms with E-state index >= 15 is 0 Å². The number of benzene rings is 1. The third-order valence-corrected chi connectivity index (χ3v) is 7.20. The molecule has 0 spiro atoms. The van der Waals surface area contributed by atoms with Crippen molar-refractivity contribution in [2.45, 2.75) is 69.4 Å². The molecular weight excluding hydrogens is 437 g/mol. The number of carbonyl (C=O) groups excluding carboxylic acids is 1. The van der Waals surface area contributed by atoms with Gasteiger partial charge in [0.25, 0.3) is 5.82 Å².